The quantitative estimate of drug-likeness (QED) is 0.242. The number of halogens is 1. The van der Waals surface area contributed by atoms with Crippen molar-refractivity contribution >= 4 is 40.6 Å². The van der Waals surface area contributed by atoms with Crippen LogP contribution in [0.4, 0.5) is 21.9 Å². The van der Waals surface area contributed by atoms with Gasteiger partial charge in [0.2, 0.25) is 0 Å². The van der Waals surface area contributed by atoms with Crippen LogP contribution in [0.5, 0.6) is 0 Å². The number of urea groups is 1. The minimum atomic E-state index is -0.352. The lowest BCUT2D eigenvalue weighted by molar-refractivity contribution is 0.0736. The molecule has 0 aromatic heterocycles. The third-order valence-corrected chi connectivity index (χ3v) is 8.50. The van der Waals surface area contributed by atoms with Gasteiger partial charge in [0.15, 0.2) is 0 Å². The Bertz CT molecular complexity index is 1550. The number of amides is 3. The Kier molecular flexibility index (Phi) is 9.41. The van der Waals surface area contributed by atoms with Crippen LogP contribution in [-0.2, 0) is 0 Å². The zero-order valence-corrected chi connectivity index (χ0v) is 25.3. The standard InChI is InChI=1S/C35H37ClN6O2/c36-29-14-11-27(12-15-29)33(26-7-3-1-4-8-26)41-23-21-40(22-24-41)32-16-13-28(34(43)42-19-17-37-18-20-42)25-31(32)39-35(44)38-30-9-5-2-6-10-30/h1-16,25,33,37H,17-24H2,(H2,38,39,44). The highest BCUT2D eigenvalue weighted by molar-refractivity contribution is 6.30. The highest BCUT2D eigenvalue weighted by Gasteiger charge is 2.28. The van der Waals surface area contributed by atoms with Crippen LogP contribution in [0.15, 0.2) is 103 Å². The molecule has 8 nitrogen and oxygen atoms in total. The Morgan fingerprint density at radius 1 is 0.705 bits per heavy atom. The number of piperazine rings is 2. The summed E-state index contributed by atoms with van der Waals surface area (Å²) in [6, 6.07) is 33.4. The maximum Gasteiger partial charge on any atom is 0.323 e. The first-order valence-corrected chi connectivity index (χ1v) is 15.5. The molecule has 2 fully saturated rings. The van der Waals surface area contributed by atoms with Gasteiger partial charge in [-0.05, 0) is 53.6 Å². The molecule has 44 heavy (non-hydrogen) atoms. The number of carbonyl (C=O) groups is 2. The van der Waals surface area contributed by atoms with Crippen LogP contribution in [0.25, 0.3) is 0 Å². The topological polar surface area (TPSA) is 79.9 Å². The number of carbonyl (C=O) groups excluding carboxylic acids is 2. The maximum atomic E-state index is 13.4. The number of hydrogen-bond acceptors (Lipinski definition) is 5. The van der Waals surface area contributed by atoms with Gasteiger partial charge in [-0.3, -0.25) is 9.69 Å². The van der Waals surface area contributed by atoms with Crippen LogP contribution in [0, 0.1) is 0 Å². The van der Waals surface area contributed by atoms with Crippen molar-refractivity contribution in [2.24, 2.45) is 0 Å². The highest BCUT2D eigenvalue weighted by Crippen LogP contribution is 2.34. The van der Waals surface area contributed by atoms with Crippen molar-refractivity contribution in [2.75, 3.05) is 67.9 Å². The van der Waals surface area contributed by atoms with Crippen LogP contribution < -0.4 is 20.9 Å². The van der Waals surface area contributed by atoms with E-state index in [9.17, 15) is 9.59 Å². The van der Waals surface area contributed by atoms with E-state index in [0.29, 0.717) is 30.0 Å². The van der Waals surface area contributed by atoms with Gasteiger partial charge < -0.3 is 25.8 Å². The summed E-state index contributed by atoms with van der Waals surface area (Å²) in [5, 5.41) is 9.97. The Morgan fingerprint density at radius 2 is 1.34 bits per heavy atom. The number of para-hydroxylation sites is 1. The van der Waals surface area contributed by atoms with Gasteiger partial charge in [-0.1, -0.05) is 72.3 Å². The number of rotatable bonds is 7. The zero-order valence-electron chi connectivity index (χ0n) is 24.6. The predicted molar refractivity (Wildman–Crippen MR) is 178 cm³/mol. The van der Waals surface area contributed by atoms with Crippen molar-refractivity contribution in [1.29, 1.82) is 0 Å². The molecule has 1 unspecified atom stereocenters. The first kappa shape index (κ1) is 29.7. The monoisotopic (exact) mass is 608 g/mol. The molecular weight excluding hydrogens is 572 g/mol. The van der Waals surface area contributed by atoms with Crippen molar-refractivity contribution in [2.45, 2.75) is 6.04 Å². The zero-order chi connectivity index (χ0) is 30.3. The molecule has 1 atom stereocenters. The summed E-state index contributed by atoms with van der Waals surface area (Å²) in [7, 11) is 0. The molecule has 3 amide bonds. The van der Waals surface area contributed by atoms with Crippen molar-refractivity contribution in [1.82, 2.24) is 15.1 Å². The van der Waals surface area contributed by atoms with Crippen molar-refractivity contribution < 1.29 is 9.59 Å². The van der Waals surface area contributed by atoms with E-state index in [4.69, 9.17) is 11.6 Å². The minimum Gasteiger partial charge on any atom is -0.367 e. The van der Waals surface area contributed by atoms with Gasteiger partial charge >= 0.3 is 6.03 Å². The molecule has 226 valence electrons. The number of hydrogen-bond donors (Lipinski definition) is 3. The van der Waals surface area contributed by atoms with Crippen LogP contribution in [0.2, 0.25) is 5.02 Å². The molecule has 4 aromatic rings. The predicted octanol–water partition coefficient (Wildman–Crippen LogP) is 5.94. The van der Waals surface area contributed by atoms with E-state index < -0.39 is 0 Å². The molecule has 4 aromatic carbocycles. The smallest absolute Gasteiger partial charge is 0.323 e. The average molecular weight is 609 g/mol. The molecule has 0 bridgehead atoms. The first-order chi connectivity index (χ1) is 21.5. The van der Waals surface area contributed by atoms with Crippen molar-refractivity contribution in [3.8, 4) is 0 Å². The van der Waals surface area contributed by atoms with Gasteiger partial charge in [0, 0.05) is 68.6 Å². The molecule has 3 N–H and O–H groups in total. The Labute approximate surface area is 263 Å². The lowest BCUT2D eigenvalue weighted by Gasteiger charge is -2.41. The molecule has 2 aliphatic rings. The molecular formula is C35H37ClN6O2. The van der Waals surface area contributed by atoms with Crippen LogP contribution >= 0.6 is 11.6 Å². The number of anilines is 3. The second-order valence-corrected chi connectivity index (χ2v) is 11.5. The van der Waals surface area contributed by atoms with Crippen LogP contribution in [0.1, 0.15) is 27.5 Å². The summed E-state index contributed by atoms with van der Waals surface area (Å²) >= 11 is 6.22. The molecule has 9 heteroatoms. The third-order valence-electron chi connectivity index (χ3n) is 8.25. The average Bonchev–Trinajstić information content (AvgIpc) is 3.07. The van der Waals surface area contributed by atoms with Gasteiger partial charge in [-0.15, -0.1) is 0 Å². The van der Waals surface area contributed by atoms with Gasteiger partial charge in [-0.2, -0.15) is 0 Å². The molecule has 2 saturated heterocycles. The fourth-order valence-corrected chi connectivity index (χ4v) is 6.14. The van der Waals surface area contributed by atoms with Gasteiger partial charge in [0.1, 0.15) is 0 Å². The third kappa shape index (κ3) is 7.05. The molecule has 0 saturated carbocycles. The number of nitrogens with zero attached hydrogens (tertiary/aromatic N) is 3. The Morgan fingerprint density at radius 3 is 2.02 bits per heavy atom. The summed E-state index contributed by atoms with van der Waals surface area (Å²) in [6.45, 7) is 6.04. The minimum absolute atomic E-state index is 0.0249. The summed E-state index contributed by atoms with van der Waals surface area (Å²) in [4.78, 5) is 33.1. The van der Waals surface area contributed by atoms with Crippen molar-refractivity contribution in [3.63, 3.8) is 0 Å². The second-order valence-electron chi connectivity index (χ2n) is 11.1. The van der Waals surface area contributed by atoms with E-state index >= 15 is 0 Å². The van der Waals surface area contributed by atoms with Gasteiger partial charge in [0.05, 0.1) is 17.4 Å². The van der Waals surface area contributed by atoms with Gasteiger partial charge in [0.25, 0.3) is 5.91 Å². The summed E-state index contributed by atoms with van der Waals surface area (Å²) in [5.74, 6) is -0.0249. The molecule has 2 aliphatic heterocycles. The lowest BCUT2D eigenvalue weighted by Crippen LogP contribution is -2.48. The van der Waals surface area contributed by atoms with E-state index in [1.54, 1.807) is 0 Å². The summed E-state index contributed by atoms with van der Waals surface area (Å²) < 4.78 is 0. The first-order valence-electron chi connectivity index (χ1n) is 15.1. The normalized spacial score (nSPS) is 16.3. The number of benzene rings is 4. The molecule has 0 spiro atoms. The fourth-order valence-electron chi connectivity index (χ4n) is 6.02. The molecule has 0 aliphatic carbocycles. The van der Waals surface area contributed by atoms with E-state index in [0.717, 1.165) is 50.0 Å². The Hall–Kier alpha value is -4.37. The van der Waals surface area contributed by atoms with E-state index in [1.165, 1.54) is 11.1 Å². The fraction of sp³-hybridized carbons (Fsp3) is 0.257. The van der Waals surface area contributed by atoms with E-state index in [-0.39, 0.29) is 18.0 Å². The summed E-state index contributed by atoms with van der Waals surface area (Å²) in [6.07, 6.45) is 0. The highest BCUT2D eigenvalue weighted by atomic mass is 35.5. The van der Waals surface area contributed by atoms with E-state index in [1.807, 2.05) is 71.6 Å². The summed E-state index contributed by atoms with van der Waals surface area (Å²) in [5.41, 5.74) is 5.21. The molecule has 6 rings (SSSR count). The van der Waals surface area contributed by atoms with E-state index in [2.05, 4.69) is 62.1 Å². The Balaban J connectivity index is 1.23. The number of nitrogens with one attached hydrogen (secondary N) is 3. The lowest BCUT2D eigenvalue weighted by atomic mass is 9.96. The van der Waals surface area contributed by atoms with Gasteiger partial charge in [-0.25, -0.2) is 4.79 Å². The van der Waals surface area contributed by atoms with Crippen molar-refractivity contribution in [3.05, 3.63) is 125 Å². The maximum absolute atomic E-state index is 13.4. The van der Waals surface area contributed by atoms with Crippen LogP contribution in [-0.4, -0.2) is 74.1 Å². The largest absolute Gasteiger partial charge is 0.367 e. The second kappa shape index (κ2) is 13.9. The SMILES string of the molecule is O=C(Nc1ccccc1)Nc1cc(C(=O)N2CCNCC2)ccc1N1CCN(C(c2ccccc2)c2ccc(Cl)cc2)CC1. The molecule has 0 radical (unpaired) electrons. The molecule has 2 heterocycles. The van der Waals surface area contributed by atoms with Crippen LogP contribution in [0.3, 0.4) is 0 Å².